The molecular weight excluding hydrogens is 402 g/mol. The molecule has 4 rings (SSSR count). The molecule has 3 aromatic carbocycles. The van der Waals surface area contributed by atoms with Crippen LogP contribution >= 0.6 is 12.2 Å². The van der Waals surface area contributed by atoms with Crippen LogP contribution in [0.2, 0.25) is 0 Å². The Kier molecular flexibility index (Phi) is 6.14. The summed E-state index contributed by atoms with van der Waals surface area (Å²) in [5.41, 5.74) is 5.20. The molecule has 2 atom stereocenters. The third-order valence-electron chi connectivity index (χ3n) is 5.34. The predicted molar refractivity (Wildman–Crippen MR) is 132 cm³/mol. The number of carbonyl (C=O) groups is 1. The van der Waals surface area contributed by atoms with Gasteiger partial charge in [-0.1, -0.05) is 77.9 Å². The molecule has 31 heavy (non-hydrogen) atoms. The van der Waals surface area contributed by atoms with E-state index in [4.69, 9.17) is 12.2 Å². The Labute approximate surface area is 188 Å². The maximum atomic E-state index is 13.0. The van der Waals surface area contributed by atoms with Crippen molar-refractivity contribution in [3.05, 3.63) is 102 Å². The first-order valence-corrected chi connectivity index (χ1v) is 10.7. The molecule has 1 amide bonds. The van der Waals surface area contributed by atoms with E-state index in [-0.39, 0.29) is 11.9 Å². The average molecular weight is 428 g/mol. The third-order valence-corrected chi connectivity index (χ3v) is 5.56. The summed E-state index contributed by atoms with van der Waals surface area (Å²) in [7, 11) is 0. The van der Waals surface area contributed by atoms with Crippen molar-refractivity contribution in [1.82, 2.24) is 5.32 Å². The highest BCUT2D eigenvalue weighted by molar-refractivity contribution is 7.80. The first-order chi connectivity index (χ1) is 15.0. The van der Waals surface area contributed by atoms with Crippen LogP contribution in [0.3, 0.4) is 0 Å². The second kappa shape index (κ2) is 9.14. The van der Waals surface area contributed by atoms with Crippen LogP contribution in [0.25, 0.3) is 6.08 Å². The third kappa shape index (κ3) is 4.84. The van der Waals surface area contributed by atoms with E-state index in [2.05, 4.69) is 16.7 Å². The van der Waals surface area contributed by atoms with Crippen LogP contribution in [-0.4, -0.2) is 23.1 Å². The summed E-state index contributed by atoms with van der Waals surface area (Å²) in [6, 6.07) is 25.5. The molecule has 0 radical (unpaired) electrons. The minimum absolute atomic E-state index is 0.000351. The number of β-lactam (4-membered cyclic amide) rings is 1. The van der Waals surface area contributed by atoms with Crippen LogP contribution in [0.15, 0.2) is 84.9 Å². The summed E-state index contributed by atoms with van der Waals surface area (Å²) >= 11 is 5.48. The molecule has 1 fully saturated rings. The largest absolute Gasteiger partial charge is 0.349 e. The van der Waals surface area contributed by atoms with E-state index in [1.165, 1.54) is 5.56 Å². The predicted octanol–water partition coefficient (Wildman–Crippen LogP) is 5.09. The van der Waals surface area contributed by atoms with Crippen LogP contribution in [0.4, 0.5) is 11.4 Å². The van der Waals surface area contributed by atoms with Gasteiger partial charge in [0.1, 0.15) is 6.04 Å². The van der Waals surface area contributed by atoms with Gasteiger partial charge in [0.05, 0.1) is 6.04 Å². The Morgan fingerprint density at radius 1 is 0.903 bits per heavy atom. The zero-order chi connectivity index (χ0) is 21.8. The monoisotopic (exact) mass is 427 g/mol. The minimum Gasteiger partial charge on any atom is -0.349 e. The Balaban J connectivity index is 1.52. The maximum absolute atomic E-state index is 13.0. The van der Waals surface area contributed by atoms with E-state index < -0.39 is 6.04 Å². The molecule has 1 heterocycles. The van der Waals surface area contributed by atoms with Gasteiger partial charge in [-0.05, 0) is 55.9 Å². The molecule has 5 heteroatoms. The lowest BCUT2D eigenvalue weighted by atomic mass is 9.92. The van der Waals surface area contributed by atoms with Crippen LogP contribution in [0.1, 0.15) is 16.7 Å². The summed E-state index contributed by atoms with van der Waals surface area (Å²) in [4.78, 5) is 14.9. The van der Waals surface area contributed by atoms with Gasteiger partial charge in [0.2, 0.25) is 0 Å². The number of amides is 1. The van der Waals surface area contributed by atoms with Gasteiger partial charge in [0.25, 0.3) is 5.91 Å². The highest BCUT2D eigenvalue weighted by Gasteiger charge is 2.47. The van der Waals surface area contributed by atoms with Gasteiger partial charge in [-0.2, -0.15) is 0 Å². The molecule has 0 spiro atoms. The highest BCUT2D eigenvalue weighted by Crippen LogP contribution is 2.30. The smallest absolute Gasteiger partial charge is 0.252 e. The highest BCUT2D eigenvalue weighted by atomic mass is 32.1. The minimum atomic E-state index is -0.424. The number of nitrogens with one attached hydrogen (secondary N) is 2. The molecule has 3 aromatic rings. The van der Waals surface area contributed by atoms with Crippen LogP contribution < -0.4 is 15.5 Å². The lowest BCUT2D eigenvalue weighted by molar-refractivity contribution is -0.125. The number of thiocarbonyl (C=S) groups is 1. The second-order valence-electron chi connectivity index (χ2n) is 7.75. The van der Waals surface area contributed by atoms with Crippen molar-refractivity contribution < 1.29 is 4.79 Å². The lowest BCUT2D eigenvalue weighted by Crippen LogP contribution is -2.70. The lowest BCUT2D eigenvalue weighted by Gasteiger charge is -2.46. The normalized spacial score (nSPS) is 18.0. The van der Waals surface area contributed by atoms with Crippen molar-refractivity contribution in [3.63, 3.8) is 0 Å². The molecule has 2 unspecified atom stereocenters. The zero-order valence-electron chi connectivity index (χ0n) is 17.6. The topological polar surface area (TPSA) is 44.4 Å². The molecule has 0 aliphatic carbocycles. The molecule has 2 N–H and O–H groups in total. The molecule has 1 aliphatic rings. The van der Waals surface area contributed by atoms with Crippen LogP contribution in [0.5, 0.6) is 0 Å². The van der Waals surface area contributed by atoms with E-state index in [0.29, 0.717) is 5.11 Å². The number of carbonyl (C=O) groups excluding carboxylic acids is 1. The van der Waals surface area contributed by atoms with E-state index in [1.54, 1.807) is 0 Å². The molecule has 4 nitrogen and oxygen atoms in total. The Morgan fingerprint density at radius 2 is 1.52 bits per heavy atom. The number of hydrogen-bond acceptors (Lipinski definition) is 2. The van der Waals surface area contributed by atoms with Gasteiger partial charge in [-0.15, -0.1) is 0 Å². The first kappa shape index (κ1) is 20.8. The van der Waals surface area contributed by atoms with Gasteiger partial charge >= 0.3 is 0 Å². The number of hydrogen-bond donors (Lipinski definition) is 2. The molecule has 156 valence electrons. The summed E-state index contributed by atoms with van der Waals surface area (Å²) in [5.74, 6) is -0.000351. The van der Waals surface area contributed by atoms with Crippen molar-refractivity contribution in [2.45, 2.75) is 25.9 Å². The fourth-order valence-corrected chi connectivity index (χ4v) is 3.82. The zero-order valence-corrected chi connectivity index (χ0v) is 18.4. The summed E-state index contributed by atoms with van der Waals surface area (Å²) < 4.78 is 0. The maximum Gasteiger partial charge on any atom is 0.252 e. The summed E-state index contributed by atoms with van der Waals surface area (Å²) in [5, 5.41) is 6.81. The van der Waals surface area contributed by atoms with E-state index in [1.807, 2.05) is 104 Å². The molecule has 0 aromatic heterocycles. The molecule has 1 aliphatic heterocycles. The van der Waals surface area contributed by atoms with Crippen molar-refractivity contribution in [2.24, 2.45) is 0 Å². The van der Waals surface area contributed by atoms with E-state index in [9.17, 15) is 4.79 Å². The number of aryl methyl sites for hydroxylation is 2. The SMILES string of the molecule is Cc1ccc(NC(=S)NC2C(=O)N(c3ccc(C)cc3)C2/C=C/c2ccccc2)cc1. The van der Waals surface area contributed by atoms with Crippen molar-refractivity contribution in [3.8, 4) is 0 Å². The van der Waals surface area contributed by atoms with Gasteiger partial charge < -0.3 is 15.5 Å². The molecule has 0 bridgehead atoms. The van der Waals surface area contributed by atoms with Crippen molar-refractivity contribution in [2.75, 3.05) is 10.2 Å². The summed E-state index contributed by atoms with van der Waals surface area (Å²) in [6.07, 6.45) is 4.10. The van der Waals surface area contributed by atoms with Crippen molar-refractivity contribution in [1.29, 1.82) is 0 Å². The fraction of sp³-hybridized carbons (Fsp3) is 0.154. The molecule has 1 saturated heterocycles. The average Bonchev–Trinajstić information content (AvgIpc) is 2.78. The van der Waals surface area contributed by atoms with E-state index >= 15 is 0 Å². The van der Waals surface area contributed by atoms with E-state index in [0.717, 1.165) is 22.5 Å². The van der Waals surface area contributed by atoms with Gasteiger partial charge in [0.15, 0.2) is 5.11 Å². The second-order valence-corrected chi connectivity index (χ2v) is 8.15. The number of nitrogens with zero attached hydrogens (tertiary/aromatic N) is 1. The van der Waals surface area contributed by atoms with Gasteiger partial charge in [-0.25, -0.2) is 0 Å². The van der Waals surface area contributed by atoms with Crippen molar-refractivity contribution >= 4 is 40.7 Å². The van der Waals surface area contributed by atoms with Crippen LogP contribution in [0, 0.1) is 13.8 Å². The molecule has 0 saturated carbocycles. The molecular formula is C26H25N3OS. The number of benzene rings is 3. The Hall–Kier alpha value is -3.44. The summed E-state index contributed by atoms with van der Waals surface area (Å²) in [6.45, 7) is 4.07. The Bertz CT molecular complexity index is 1090. The number of anilines is 2. The number of rotatable bonds is 5. The Morgan fingerprint density at radius 3 is 2.16 bits per heavy atom. The van der Waals surface area contributed by atoms with Crippen LogP contribution in [-0.2, 0) is 4.79 Å². The van der Waals surface area contributed by atoms with Gasteiger partial charge in [-0.3, -0.25) is 4.79 Å². The quantitative estimate of drug-likeness (QED) is 0.440. The fourth-order valence-electron chi connectivity index (χ4n) is 3.58. The first-order valence-electron chi connectivity index (χ1n) is 10.3. The standard InChI is InChI=1S/C26H25N3OS/c1-18-8-13-21(14-9-18)27-26(31)28-24-23(17-12-20-6-4-3-5-7-20)29(25(24)30)22-15-10-19(2)11-16-22/h3-17,23-24H,1-2H3,(H2,27,28,31)/b17-12+. The van der Waals surface area contributed by atoms with Gasteiger partial charge in [0, 0.05) is 11.4 Å².